The minimum Gasteiger partial charge on any atom is -0.444 e. The fraction of sp³-hybridized carbons (Fsp3) is 0.571. The fourth-order valence-corrected chi connectivity index (χ4v) is 2.37. The van der Waals surface area contributed by atoms with Crippen LogP contribution in [0.2, 0.25) is 0 Å². The molecule has 2 amide bonds. The molecule has 0 atom stereocenters. The van der Waals surface area contributed by atoms with Gasteiger partial charge in [0.15, 0.2) is 5.96 Å². The van der Waals surface area contributed by atoms with E-state index in [1.165, 1.54) is 0 Å². The highest BCUT2D eigenvalue weighted by molar-refractivity contribution is 14.0. The van der Waals surface area contributed by atoms with Gasteiger partial charge in [0.05, 0.1) is 0 Å². The molecule has 0 fully saturated rings. The van der Waals surface area contributed by atoms with Gasteiger partial charge in [0.25, 0.3) is 5.91 Å². The molecule has 1 aromatic carbocycles. The third kappa shape index (κ3) is 12.5. The summed E-state index contributed by atoms with van der Waals surface area (Å²) < 4.78 is 5.19. The average Bonchev–Trinajstić information content (AvgIpc) is 2.67. The second-order valence-corrected chi connectivity index (χ2v) is 7.59. The summed E-state index contributed by atoms with van der Waals surface area (Å²) in [5, 5.41) is 12.0. The second kappa shape index (κ2) is 14.9. The molecule has 1 rings (SSSR count). The van der Waals surface area contributed by atoms with Crippen molar-refractivity contribution in [3.63, 3.8) is 0 Å². The van der Waals surface area contributed by atoms with Crippen LogP contribution in [0.4, 0.5) is 4.79 Å². The lowest BCUT2D eigenvalue weighted by Crippen LogP contribution is -2.39. The second-order valence-electron chi connectivity index (χ2n) is 7.59. The first-order valence-electron chi connectivity index (χ1n) is 10.0. The van der Waals surface area contributed by atoms with E-state index in [4.69, 9.17) is 4.74 Å². The van der Waals surface area contributed by atoms with Gasteiger partial charge in [-0.1, -0.05) is 19.1 Å². The number of guanidine groups is 1. The van der Waals surface area contributed by atoms with Crippen molar-refractivity contribution in [3.05, 3.63) is 35.4 Å². The molecular formula is C21H36IN5O3. The number of hydrogen-bond acceptors (Lipinski definition) is 4. The number of amides is 2. The molecule has 0 aromatic heterocycles. The summed E-state index contributed by atoms with van der Waals surface area (Å²) >= 11 is 0. The van der Waals surface area contributed by atoms with Gasteiger partial charge in [-0.15, -0.1) is 24.0 Å². The number of benzene rings is 1. The zero-order chi connectivity index (χ0) is 21.7. The molecule has 0 heterocycles. The van der Waals surface area contributed by atoms with Crippen molar-refractivity contribution in [3.8, 4) is 0 Å². The molecule has 1 aromatic rings. The lowest BCUT2D eigenvalue weighted by Gasteiger charge is -2.19. The highest BCUT2D eigenvalue weighted by Gasteiger charge is 2.15. The summed E-state index contributed by atoms with van der Waals surface area (Å²) in [4.78, 5) is 27.8. The maximum Gasteiger partial charge on any atom is 0.407 e. The number of nitrogens with zero attached hydrogens (tertiary/aromatic N) is 1. The van der Waals surface area contributed by atoms with E-state index in [0.717, 1.165) is 18.4 Å². The Bertz CT molecular complexity index is 689. The van der Waals surface area contributed by atoms with Gasteiger partial charge in [-0.2, -0.15) is 0 Å². The quantitative estimate of drug-likeness (QED) is 0.169. The maximum absolute atomic E-state index is 12.1. The molecule has 8 nitrogen and oxygen atoms in total. The van der Waals surface area contributed by atoms with Crippen LogP contribution in [0.3, 0.4) is 0 Å². The Labute approximate surface area is 197 Å². The van der Waals surface area contributed by atoms with Crippen molar-refractivity contribution >= 4 is 41.9 Å². The highest BCUT2D eigenvalue weighted by Crippen LogP contribution is 2.06. The highest BCUT2D eigenvalue weighted by atomic mass is 127. The first-order chi connectivity index (χ1) is 13.7. The van der Waals surface area contributed by atoms with Gasteiger partial charge < -0.3 is 26.0 Å². The van der Waals surface area contributed by atoms with Gasteiger partial charge >= 0.3 is 6.09 Å². The Kier molecular flexibility index (Phi) is 13.9. The van der Waals surface area contributed by atoms with Crippen LogP contribution in [-0.2, 0) is 11.3 Å². The topological polar surface area (TPSA) is 104 Å². The molecule has 0 radical (unpaired) electrons. The number of rotatable bonds is 9. The zero-order valence-electron chi connectivity index (χ0n) is 18.6. The van der Waals surface area contributed by atoms with Crippen LogP contribution in [0.5, 0.6) is 0 Å². The molecule has 0 saturated carbocycles. The van der Waals surface area contributed by atoms with Crippen molar-refractivity contribution in [1.29, 1.82) is 0 Å². The molecule has 170 valence electrons. The number of nitrogens with one attached hydrogen (secondary N) is 4. The van der Waals surface area contributed by atoms with Crippen LogP contribution < -0.4 is 21.3 Å². The normalized spacial score (nSPS) is 11.2. The lowest BCUT2D eigenvalue weighted by molar-refractivity contribution is 0.0527. The first kappa shape index (κ1) is 28.0. The summed E-state index contributed by atoms with van der Waals surface area (Å²) in [5.41, 5.74) is 1.14. The third-order valence-corrected chi connectivity index (χ3v) is 3.72. The van der Waals surface area contributed by atoms with E-state index < -0.39 is 11.7 Å². The van der Waals surface area contributed by atoms with Crippen molar-refractivity contribution < 1.29 is 14.3 Å². The Morgan fingerprint density at radius 3 is 2.37 bits per heavy atom. The molecule has 0 unspecified atom stereocenters. The zero-order valence-corrected chi connectivity index (χ0v) is 21.0. The van der Waals surface area contributed by atoms with Gasteiger partial charge in [-0.3, -0.25) is 9.79 Å². The van der Waals surface area contributed by atoms with Crippen LogP contribution in [0.25, 0.3) is 0 Å². The van der Waals surface area contributed by atoms with Crippen molar-refractivity contribution in [2.45, 2.75) is 52.7 Å². The molecule has 4 N–H and O–H groups in total. The number of aliphatic imine (C=N–C) groups is 1. The van der Waals surface area contributed by atoms with Crippen LogP contribution in [0, 0.1) is 0 Å². The van der Waals surface area contributed by atoms with Gasteiger partial charge in [-0.05, 0) is 51.3 Å². The van der Waals surface area contributed by atoms with E-state index in [9.17, 15) is 9.59 Å². The number of carbonyl (C=O) groups excluding carboxylic acids is 2. The van der Waals surface area contributed by atoms with E-state index in [1.54, 1.807) is 13.1 Å². The fourth-order valence-electron chi connectivity index (χ4n) is 2.37. The monoisotopic (exact) mass is 533 g/mol. The SMILES string of the molecule is CCCNC(=O)c1cccc(CNC(=NC)NCCCNC(=O)OC(C)(C)C)c1.I. The van der Waals surface area contributed by atoms with Crippen molar-refractivity contribution in [2.75, 3.05) is 26.7 Å². The standard InChI is InChI=1S/C21H35N5O3.HI/c1-6-11-23-18(27)17-10-7-9-16(14-17)15-26-19(22-5)24-12-8-13-25-20(28)29-21(2,3)4;/h7,9-10,14H,6,8,11-13,15H2,1-5H3,(H,23,27)(H,25,28)(H2,22,24,26);1H. The summed E-state index contributed by atoms with van der Waals surface area (Å²) in [7, 11) is 1.70. The average molecular weight is 533 g/mol. The Balaban J connectivity index is 0.00000841. The molecule has 0 spiro atoms. The Morgan fingerprint density at radius 1 is 1.03 bits per heavy atom. The molecule has 9 heteroatoms. The van der Waals surface area contributed by atoms with E-state index in [2.05, 4.69) is 26.3 Å². The number of halogens is 1. The van der Waals surface area contributed by atoms with E-state index in [0.29, 0.717) is 37.7 Å². The van der Waals surface area contributed by atoms with E-state index in [-0.39, 0.29) is 29.9 Å². The molecule has 0 bridgehead atoms. The molecule has 0 aliphatic rings. The predicted octanol–water partition coefficient (Wildman–Crippen LogP) is 3.02. The molecule has 30 heavy (non-hydrogen) atoms. The van der Waals surface area contributed by atoms with Crippen LogP contribution >= 0.6 is 24.0 Å². The minimum atomic E-state index is -0.498. The van der Waals surface area contributed by atoms with Gasteiger partial charge in [-0.25, -0.2) is 4.79 Å². The van der Waals surface area contributed by atoms with E-state index in [1.807, 2.05) is 45.9 Å². The molecule has 0 aliphatic carbocycles. The largest absolute Gasteiger partial charge is 0.444 e. The molecule has 0 aliphatic heterocycles. The summed E-state index contributed by atoms with van der Waals surface area (Å²) in [5.74, 6) is 0.594. The minimum absolute atomic E-state index is 0. The van der Waals surface area contributed by atoms with Crippen LogP contribution in [0.1, 0.15) is 56.5 Å². The van der Waals surface area contributed by atoms with E-state index >= 15 is 0 Å². The molecule has 0 saturated heterocycles. The van der Waals surface area contributed by atoms with Gasteiger partial charge in [0.1, 0.15) is 5.60 Å². The number of alkyl carbamates (subject to hydrolysis) is 1. The summed E-state index contributed by atoms with van der Waals surface area (Å²) in [6.45, 7) is 9.88. The number of carbonyl (C=O) groups is 2. The van der Waals surface area contributed by atoms with Crippen LogP contribution in [0.15, 0.2) is 29.3 Å². The van der Waals surface area contributed by atoms with Gasteiger partial charge in [0.2, 0.25) is 0 Å². The Hall–Kier alpha value is -2.04. The van der Waals surface area contributed by atoms with Gasteiger partial charge in [0, 0.05) is 38.8 Å². The Morgan fingerprint density at radius 2 is 1.73 bits per heavy atom. The summed E-state index contributed by atoms with van der Waals surface area (Å²) in [6.07, 6.45) is 1.22. The lowest BCUT2D eigenvalue weighted by atomic mass is 10.1. The maximum atomic E-state index is 12.1. The predicted molar refractivity (Wildman–Crippen MR) is 132 cm³/mol. The molecular weight excluding hydrogens is 497 g/mol. The first-order valence-corrected chi connectivity index (χ1v) is 10.0. The number of ether oxygens (including phenoxy) is 1. The van der Waals surface area contributed by atoms with Crippen LogP contribution in [-0.4, -0.2) is 50.2 Å². The smallest absolute Gasteiger partial charge is 0.407 e. The third-order valence-electron chi connectivity index (χ3n) is 3.72. The summed E-state index contributed by atoms with van der Waals surface area (Å²) in [6, 6.07) is 7.51. The van der Waals surface area contributed by atoms with Crippen molar-refractivity contribution in [2.24, 2.45) is 4.99 Å². The van der Waals surface area contributed by atoms with Crippen molar-refractivity contribution in [1.82, 2.24) is 21.3 Å². The number of hydrogen-bond donors (Lipinski definition) is 4.